The minimum Gasteiger partial charge on any atom is -0.331 e. The molecule has 1 fully saturated rings. The van der Waals surface area contributed by atoms with Crippen molar-refractivity contribution in [3.63, 3.8) is 0 Å². The van der Waals surface area contributed by atoms with Crippen LogP contribution in [-0.4, -0.2) is 34.1 Å². The highest BCUT2D eigenvalue weighted by Crippen LogP contribution is 2.20. The Morgan fingerprint density at radius 3 is 2.79 bits per heavy atom. The first kappa shape index (κ1) is 12.7. The zero-order chi connectivity index (χ0) is 13.1. The molecular formula is C16H23N3. The van der Waals surface area contributed by atoms with Crippen LogP contribution < -0.4 is 0 Å². The van der Waals surface area contributed by atoms with Gasteiger partial charge in [-0.15, -0.1) is 0 Å². The van der Waals surface area contributed by atoms with Gasteiger partial charge in [0.05, 0.1) is 0 Å². The van der Waals surface area contributed by atoms with Gasteiger partial charge in [0.1, 0.15) is 5.65 Å². The van der Waals surface area contributed by atoms with Gasteiger partial charge in [-0.2, -0.15) is 0 Å². The van der Waals surface area contributed by atoms with Crippen molar-refractivity contribution in [3.8, 4) is 0 Å². The fraction of sp³-hybridized carbons (Fsp3) is 0.562. The highest BCUT2D eigenvalue weighted by molar-refractivity contribution is 5.80. The number of nitrogens with zero attached hydrogens (tertiary/aromatic N) is 3. The van der Waals surface area contributed by atoms with E-state index in [4.69, 9.17) is 0 Å². The Kier molecular flexibility index (Phi) is 3.83. The van der Waals surface area contributed by atoms with Crippen LogP contribution >= 0.6 is 0 Å². The molecule has 0 saturated carbocycles. The Morgan fingerprint density at radius 1 is 1.16 bits per heavy atom. The molecule has 0 atom stereocenters. The largest absolute Gasteiger partial charge is 0.331 e. The highest BCUT2D eigenvalue weighted by Gasteiger charge is 2.12. The fourth-order valence-electron chi connectivity index (χ4n) is 3.08. The van der Waals surface area contributed by atoms with Crippen molar-refractivity contribution in [1.82, 2.24) is 14.5 Å². The number of aryl methyl sites for hydroxylation is 1. The summed E-state index contributed by atoms with van der Waals surface area (Å²) in [5.41, 5.74) is 2.57. The predicted octanol–water partition coefficient (Wildman–Crippen LogP) is 3.08. The molecule has 0 N–H and O–H groups in total. The lowest BCUT2D eigenvalue weighted by atomic mass is 10.1. The van der Waals surface area contributed by atoms with Gasteiger partial charge < -0.3 is 9.47 Å². The molecule has 0 amide bonds. The van der Waals surface area contributed by atoms with Gasteiger partial charge in [-0.25, -0.2) is 4.98 Å². The molecule has 3 nitrogen and oxygen atoms in total. The van der Waals surface area contributed by atoms with Crippen molar-refractivity contribution in [2.24, 2.45) is 0 Å². The second-order valence-electron chi connectivity index (χ2n) is 5.48. The van der Waals surface area contributed by atoms with E-state index in [0.29, 0.717) is 0 Å². The van der Waals surface area contributed by atoms with Crippen LogP contribution in [0.5, 0.6) is 0 Å². The zero-order valence-corrected chi connectivity index (χ0v) is 11.8. The summed E-state index contributed by atoms with van der Waals surface area (Å²) in [5, 5.41) is 1.32. The molecular weight excluding hydrogens is 234 g/mol. The second-order valence-corrected chi connectivity index (χ2v) is 5.48. The van der Waals surface area contributed by atoms with Gasteiger partial charge in [0.2, 0.25) is 0 Å². The van der Waals surface area contributed by atoms with Gasteiger partial charge in [-0.1, -0.05) is 13.3 Å². The average molecular weight is 257 g/mol. The molecule has 1 aliphatic heterocycles. The molecule has 3 heteroatoms. The number of piperidine rings is 1. The van der Waals surface area contributed by atoms with Crippen molar-refractivity contribution in [2.45, 2.75) is 39.2 Å². The summed E-state index contributed by atoms with van der Waals surface area (Å²) in [5.74, 6) is 0. The van der Waals surface area contributed by atoms with E-state index in [9.17, 15) is 0 Å². The summed E-state index contributed by atoms with van der Waals surface area (Å²) < 4.78 is 2.34. The first-order valence-corrected chi connectivity index (χ1v) is 7.53. The van der Waals surface area contributed by atoms with Gasteiger partial charge in [-0.3, -0.25) is 0 Å². The number of rotatable bonds is 4. The Morgan fingerprint density at radius 2 is 2.00 bits per heavy atom. The van der Waals surface area contributed by atoms with E-state index in [1.54, 1.807) is 0 Å². The Bertz CT molecular complexity index is 538. The first-order valence-electron chi connectivity index (χ1n) is 7.53. The predicted molar refractivity (Wildman–Crippen MR) is 79.4 cm³/mol. The summed E-state index contributed by atoms with van der Waals surface area (Å²) >= 11 is 0. The maximum absolute atomic E-state index is 4.56. The van der Waals surface area contributed by atoms with Crippen molar-refractivity contribution in [1.29, 1.82) is 0 Å². The number of hydrogen-bond donors (Lipinski definition) is 0. The third-order valence-corrected chi connectivity index (χ3v) is 4.20. The van der Waals surface area contributed by atoms with Crippen molar-refractivity contribution in [3.05, 3.63) is 30.1 Å². The summed E-state index contributed by atoms with van der Waals surface area (Å²) in [6.45, 7) is 6.98. The summed E-state index contributed by atoms with van der Waals surface area (Å²) in [7, 11) is 0. The molecule has 102 valence electrons. The van der Waals surface area contributed by atoms with Crippen molar-refractivity contribution < 1.29 is 0 Å². The molecule has 0 bridgehead atoms. The van der Waals surface area contributed by atoms with Gasteiger partial charge in [0, 0.05) is 30.9 Å². The maximum atomic E-state index is 4.56. The van der Waals surface area contributed by atoms with Gasteiger partial charge in [-0.05, 0) is 50.0 Å². The Hall–Kier alpha value is -1.35. The molecule has 0 aromatic carbocycles. The quantitative estimate of drug-likeness (QED) is 0.839. The Labute approximate surface area is 115 Å². The standard InChI is InChI=1S/C16H23N3/c1-2-14-13-19(16-15(14)7-6-8-17-16)12-11-18-9-4-3-5-10-18/h6-8,13H,2-5,9-12H2,1H3. The number of hydrogen-bond acceptors (Lipinski definition) is 2. The molecule has 19 heavy (non-hydrogen) atoms. The third kappa shape index (κ3) is 2.66. The number of likely N-dealkylation sites (tertiary alicyclic amines) is 1. The molecule has 0 radical (unpaired) electrons. The normalized spacial score (nSPS) is 17.1. The molecule has 2 aromatic heterocycles. The number of aromatic nitrogens is 2. The summed E-state index contributed by atoms with van der Waals surface area (Å²) in [6.07, 6.45) is 9.42. The minimum atomic E-state index is 1.06. The lowest BCUT2D eigenvalue weighted by molar-refractivity contribution is 0.221. The monoisotopic (exact) mass is 257 g/mol. The lowest BCUT2D eigenvalue weighted by Gasteiger charge is -2.26. The van der Waals surface area contributed by atoms with Crippen LogP contribution in [0.3, 0.4) is 0 Å². The second kappa shape index (κ2) is 5.74. The number of fused-ring (bicyclic) bond motifs is 1. The number of pyridine rings is 1. The highest BCUT2D eigenvalue weighted by atomic mass is 15.2. The summed E-state index contributed by atoms with van der Waals surface area (Å²) in [4.78, 5) is 7.15. The first-order chi connectivity index (χ1) is 9.38. The van der Waals surface area contributed by atoms with E-state index < -0.39 is 0 Å². The molecule has 2 aromatic rings. The van der Waals surface area contributed by atoms with Crippen molar-refractivity contribution in [2.75, 3.05) is 19.6 Å². The summed E-state index contributed by atoms with van der Waals surface area (Å²) in [6, 6.07) is 4.23. The SMILES string of the molecule is CCc1cn(CCN2CCCCC2)c2ncccc12. The molecule has 1 saturated heterocycles. The van der Waals surface area contributed by atoms with Crippen LogP contribution in [-0.2, 0) is 13.0 Å². The minimum absolute atomic E-state index is 1.06. The average Bonchev–Trinajstić information content (AvgIpc) is 2.84. The molecule has 1 aliphatic rings. The van der Waals surface area contributed by atoms with Crippen LogP contribution in [0.15, 0.2) is 24.5 Å². The van der Waals surface area contributed by atoms with E-state index in [1.165, 1.54) is 43.3 Å². The van der Waals surface area contributed by atoms with Crippen LogP contribution in [0, 0.1) is 0 Å². The van der Waals surface area contributed by atoms with E-state index in [2.05, 4.69) is 33.6 Å². The molecule has 3 rings (SSSR count). The molecule has 0 unspecified atom stereocenters. The third-order valence-electron chi connectivity index (χ3n) is 4.20. The lowest BCUT2D eigenvalue weighted by Crippen LogP contribution is -2.32. The van der Waals surface area contributed by atoms with Gasteiger partial charge in [0.15, 0.2) is 0 Å². The van der Waals surface area contributed by atoms with Gasteiger partial charge in [0.25, 0.3) is 0 Å². The van der Waals surface area contributed by atoms with E-state index >= 15 is 0 Å². The zero-order valence-electron chi connectivity index (χ0n) is 11.8. The van der Waals surface area contributed by atoms with Crippen LogP contribution in [0.2, 0.25) is 0 Å². The smallest absolute Gasteiger partial charge is 0.140 e. The molecule has 0 aliphatic carbocycles. The van der Waals surface area contributed by atoms with Crippen molar-refractivity contribution >= 4 is 11.0 Å². The van der Waals surface area contributed by atoms with Crippen LogP contribution in [0.4, 0.5) is 0 Å². The van der Waals surface area contributed by atoms with Crippen LogP contribution in [0.25, 0.3) is 11.0 Å². The maximum Gasteiger partial charge on any atom is 0.140 e. The topological polar surface area (TPSA) is 21.1 Å². The van der Waals surface area contributed by atoms with Gasteiger partial charge >= 0.3 is 0 Å². The van der Waals surface area contributed by atoms with E-state index in [1.807, 2.05) is 12.3 Å². The fourth-order valence-corrected chi connectivity index (χ4v) is 3.08. The van der Waals surface area contributed by atoms with E-state index in [-0.39, 0.29) is 0 Å². The van der Waals surface area contributed by atoms with E-state index in [0.717, 1.165) is 25.2 Å². The molecule has 3 heterocycles. The Balaban J connectivity index is 1.76. The van der Waals surface area contributed by atoms with Crippen LogP contribution in [0.1, 0.15) is 31.7 Å². The molecule has 0 spiro atoms.